The molecule has 5 rings (SSSR count). The maximum atomic E-state index is 6.41. The Bertz CT molecular complexity index is 1230. The highest BCUT2D eigenvalue weighted by Gasteiger charge is 2.12. The highest BCUT2D eigenvalue weighted by atomic mass is 35.5. The molecule has 0 radical (unpaired) electrons. The fourth-order valence-corrected chi connectivity index (χ4v) is 3.54. The van der Waals surface area contributed by atoms with Crippen molar-refractivity contribution in [3.63, 3.8) is 0 Å². The van der Waals surface area contributed by atoms with Crippen molar-refractivity contribution >= 4 is 28.3 Å². The van der Waals surface area contributed by atoms with Gasteiger partial charge in [0, 0.05) is 29.2 Å². The smallest absolute Gasteiger partial charge is 0.137 e. The summed E-state index contributed by atoms with van der Waals surface area (Å²) >= 11 is 6.41. The monoisotopic (exact) mass is 355 g/mol. The van der Waals surface area contributed by atoms with Crippen molar-refractivity contribution in [1.82, 2.24) is 14.4 Å². The van der Waals surface area contributed by atoms with Gasteiger partial charge < -0.3 is 0 Å². The van der Waals surface area contributed by atoms with E-state index in [2.05, 4.69) is 39.7 Å². The van der Waals surface area contributed by atoms with E-state index < -0.39 is 0 Å². The van der Waals surface area contributed by atoms with Crippen LogP contribution in [0.2, 0.25) is 5.02 Å². The highest BCUT2D eigenvalue weighted by molar-refractivity contribution is 6.31. The van der Waals surface area contributed by atoms with Gasteiger partial charge in [-0.05, 0) is 47.0 Å². The largest absolute Gasteiger partial charge is 0.300 e. The average molecular weight is 356 g/mol. The molecule has 0 amide bonds. The van der Waals surface area contributed by atoms with E-state index >= 15 is 0 Å². The minimum absolute atomic E-state index is 0.703. The predicted octanol–water partition coefficient (Wildman–Crippen LogP) is 5.87. The van der Waals surface area contributed by atoms with Crippen molar-refractivity contribution < 1.29 is 0 Å². The quantitative estimate of drug-likeness (QED) is 0.396. The third kappa shape index (κ3) is 2.45. The molecule has 0 unspecified atom stereocenters. The molecule has 3 aromatic heterocycles. The van der Waals surface area contributed by atoms with Crippen LogP contribution in [0, 0.1) is 0 Å². The molecular formula is C22H14ClN3. The fourth-order valence-electron chi connectivity index (χ4n) is 3.33. The number of imidazole rings is 1. The average Bonchev–Trinajstić information content (AvgIpc) is 3.07. The van der Waals surface area contributed by atoms with E-state index in [0.29, 0.717) is 5.02 Å². The van der Waals surface area contributed by atoms with E-state index in [1.807, 2.05) is 48.8 Å². The Morgan fingerprint density at radius 3 is 2.46 bits per heavy atom. The molecule has 0 aliphatic rings. The number of benzene rings is 2. The summed E-state index contributed by atoms with van der Waals surface area (Å²) < 4.78 is 2.06. The zero-order valence-electron chi connectivity index (χ0n) is 13.8. The number of fused-ring (bicyclic) bond motifs is 3. The molecule has 0 fully saturated rings. The molecule has 4 heteroatoms. The first kappa shape index (κ1) is 15.1. The number of hydrogen-bond acceptors (Lipinski definition) is 2. The number of hydrogen-bond donors (Lipinski definition) is 0. The van der Waals surface area contributed by atoms with E-state index in [-0.39, 0.29) is 0 Å². The third-order valence-electron chi connectivity index (χ3n) is 4.57. The molecule has 26 heavy (non-hydrogen) atoms. The zero-order valence-corrected chi connectivity index (χ0v) is 14.6. The fraction of sp³-hybridized carbons (Fsp3) is 0. The molecule has 124 valence electrons. The van der Waals surface area contributed by atoms with Gasteiger partial charge in [0.05, 0.1) is 11.0 Å². The summed E-state index contributed by atoms with van der Waals surface area (Å²) in [6.07, 6.45) is 5.66. The molecule has 0 aliphatic carbocycles. The van der Waals surface area contributed by atoms with Gasteiger partial charge in [0.15, 0.2) is 0 Å². The van der Waals surface area contributed by atoms with Crippen LogP contribution >= 0.6 is 11.6 Å². The molecule has 5 aromatic rings. The van der Waals surface area contributed by atoms with Gasteiger partial charge in [-0.2, -0.15) is 0 Å². The minimum atomic E-state index is 0.703. The number of nitrogens with zero attached hydrogens (tertiary/aromatic N) is 3. The molecule has 0 saturated carbocycles. The van der Waals surface area contributed by atoms with Crippen molar-refractivity contribution in [2.24, 2.45) is 0 Å². The van der Waals surface area contributed by atoms with Crippen LogP contribution < -0.4 is 0 Å². The summed E-state index contributed by atoms with van der Waals surface area (Å²) in [7, 11) is 0. The SMILES string of the molecule is Clc1cc(-c2ccc(-c3cccnc3)cc2)c2nc3ccccn3c2c1. The third-order valence-corrected chi connectivity index (χ3v) is 4.79. The highest BCUT2D eigenvalue weighted by Crippen LogP contribution is 2.33. The minimum Gasteiger partial charge on any atom is -0.300 e. The molecular weight excluding hydrogens is 342 g/mol. The lowest BCUT2D eigenvalue weighted by atomic mass is 10.0. The summed E-state index contributed by atoms with van der Waals surface area (Å²) in [5, 5.41) is 0.703. The summed E-state index contributed by atoms with van der Waals surface area (Å²) in [5.41, 5.74) is 7.24. The number of rotatable bonds is 2. The van der Waals surface area contributed by atoms with Gasteiger partial charge in [0.25, 0.3) is 0 Å². The Hall–Kier alpha value is -3.17. The topological polar surface area (TPSA) is 30.2 Å². The van der Waals surface area contributed by atoms with E-state index in [4.69, 9.17) is 16.6 Å². The number of pyridine rings is 2. The molecule has 2 aromatic carbocycles. The Labute approximate surface area is 155 Å². The van der Waals surface area contributed by atoms with Gasteiger partial charge in [-0.15, -0.1) is 0 Å². The zero-order chi connectivity index (χ0) is 17.5. The molecule has 0 atom stereocenters. The normalized spacial score (nSPS) is 11.3. The summed E-state index contributed by atoms with van der Waals surface area (Å²) in [6.45, 7) is 0. The second-order valence-electron chi connectivity index (χ2n) is 6.18. The lowest BCUT2D eigenvalue weighted by molar-refractivity contribution is 1.23. The van der Waals surface area contributed by atoms with Crippen LogP contribution in [0.25, 0.3) is 38.9 Å². The Morgan fingerprint density at radius 1 is 0.808 bits per heavy atom. The maximum Gasteiger partial charge on any atom is 0.137 e. The van der Waals surface area contributed by atoms with E-state index in [1.165, 1.54) is 0 Å². The number of halogens is 1. The second kappa shape index (κ2) is 5.97. The van der Waals surface area contributed by atoms with Gasteiger partial charge in [-0.3, -0.25) is 9.38 Å². The lowest BCUT2D eigenvalue weighted by Crippen LogP contribution is -1.85. The van der Waals surface area contributed by atoms with Gasteiger partial charge in [-0.25, -0.2) is 4.98 Å². The van der Waals surface area contributed by atoms with Gasteiger partial charge >= 0.3 is 0 Å². The molecule has 3 heterocycles. The summed E-state index contributed by atoms with van der Waals surface area (Å²) in [6, 6.07) is 22.4. The van der Waals surface area contributed by atoms with Crippen molar-refractivity contribution in [1.29, 1.82) is 0 Å². The van der Waals surface area contributed by atoms with E-state index in [0.717, 1.165) is 38.9 Å². The molecule has 3 nitrogen and oxygen atoms in total. The molecule has 0 N–H and O–H groups in total. The number of aromatic nitrogens is 3. The predicted molar refractivity (Wildman–Crippen MR) is 106 cm³/mol. The lowest BCUT2D eigenvalue weighted by Gasteiger charge is -2.06. The Balaban J connectivity index is 1.69. The first-order valence-electron chi connectivity index (χ1n) is 8.37. The molecule has 0 spiro atoms. The summed E-state index contributed by atoms with van der Waals surface area (Å²) in [4.78, 5) is 9.00. The Morgan fingerprint density at radius 2 is 1.65 bits per heavy atom. The van der Waals surface area contributed by atoms with Crippen LogP contribution in [0.15, 0.2) is 85.3 Å². The van der Waals surface area contributed by atoms with Crippen LogP contribution in [0.5, 0.6) is 0 Å². The van der Waals surface area contributed by atoms with Crippen molar-refractivity contribution in [2.75, 3.05) is 0 Å². The first-order chi connectivity index (χ1) is 12.8. The molecule has 0 saturated heterocycles. The van der Waals surface area contributed by atoms with Gasteiger partial charge in [0.2, 0.25) is 0 Å². The van der Waals surface area contributed by atoms with Gasteiger partial charge in [0.1, 0.15) is 5.65 Å². The van der Waals surface area contributed by atoms with Crippen LogP contribution in [-0.2, 0) is 0 Å². The molecule has 0 bridgehead atoms. The van der Waals surface area contributed by atoms with Crippen LogP contribution in [0.1, 0.15) is 0 Å². The van der Waals surface area contributed by atoms with Crippen LogP contribution in [-0.4, -0.2) is 14.4 Å². The van der Waals surface area contributed by atoms with Crippen molar-refractivity contribution in [3.05, 3.63) is 90.3 Å². The van der Waals surface area contributed by atoms with E-state index in [9.17, 15) is 0 Å². The summed E-state index contributed by atoms with van der Waals surface area (Å²) in [5.74, 6) is 0. The first-order valence-corrected chi connectivity index (χ1v) is 8.74. The van der Waals surface area contributed by atoms with Crippen LogP contribution in [0.3, 0.4) is 0 Å². The van der Waals surface area contributed by atoms with Crippen molar-refractivity contribution in [3.8, 4) is 22.3 Å². The second-order valence-corrected chi connectivity index (χ2v) is 6.62. The maximum absolute atomic E-state index is 6.41. The van der Waals surface area contributed by atoms with Crippen molar-refractivity contribution in [2.45, 2.75) is 0 Å². The van der Waals surface area contributed by atoms with Gasteiger partial charge in [-0.1, -0.05) is 48.0 Å². The van der Waals surface area contributed by atoms with Crippen LogP contribution in [0.4, 0.5) is 0 Å². The molecule has 0 aliphatic heterocycles. The Kier molecular flexibility index (Phi) is 3.47. The van der Waals surface area contributed by atoms with E-state index in [1.54, 1.807) is 6.20 Å². The standard InChI is InChI=1S/C22H14ClN3/c23-18-12-19(22-20(13-18)26-11-2-1-5-21(26)25-22)16-8-6-15(7-9-16)17-4-3-10-24-14-17/h1-14H.